The first kappa shape index (κ1) is 14.1. The van der Waals surface area contributed by atoms with Crippen molar-refractivity contribution < 1.29 is 9.18 Å². The molecule has 4 heteroatoms. The lowest BCUT2D eigenvalue weighted by atomic mass is 10.00. The summed E-state index contributed by atoms with van der Waals surface area (Å²) in [4.78, 5) is 12.1. The van der Waals surface area contributed by atoms with Crippen molar-refractivity contribution in [3.8, 4) is 0 Å². The summed E-state index contributed by atoms with van der Waals surface area (Å²) in [6, 6.07) is 13.6. The van der Waals surface area contributed by atoms with E-state index in [1.54, 1.807) is 37.3 Å². The average Bonchev–Trinajstić information content (AvgIpc) is 2.45. The molecule has 2 aromatic rings. The highest BCUT2D eigenvalue weighted by atomic mass is 19.1. The fraction of sp³-hybridized carbons (Fsp3) is 0.188. The minimum Gasteiger partial charge on any atom is -0.399 e. The lowest BCUT2D eigenvalue weighted by Crippen LogP contribution is -2.27. The molecule has 0 heterocycles. The van der Waals surface area contributed by atoms with Crippen LogP contribution in [0.3, 0.4) is 0 Å². The molecule has 3 nitrogen and oxygen atoms in total. The maximum atomic E-state index is 13.4. The van der Waals surface area contributed by atoms with Crippen LogP contribution in [0.5, 0.6) is 0 Å². The molecular formula is C16H17FN2O. The number of carbonyl (C=O) groups is 1. The molecule has 0 aliphatic rings. The molecule has 0 saturated carbocycles. The molecule has 1 atom stereocenters. The van der Waals surface area contributed by atoms with Gasteiger partial charge in [-0.1, -0.05) is 30.3 Å². The smallest absolute Gasteiger partial charge is 0.227 e. The van der Waals surface area contributed by atoms with Gasteiger partial charge in [0.05, 0.1) is 5.92 Å². The monoisotopic (exact) mass is 272 g/mol. The van der Waals surface area contributed by atoms with Crippen LogP contribution in [0.15, 0.2) is 48.5 Å². The zero-order chi connectivity index (χ0) is 14.5. The van der Waals surface area contributed by atoms with E-state index < -0.39 is 0 Å². The van der Waals surface area contributed by atoms with Gasteiger partial charge in [0.1, 0.15) is 5.82 Å². The van der Waals surface area contributed by atoms with Gasteiger partial charge < -0.3 is 11.1 Å². The molecule has 2 rings (SSSR count). The molecule has 20 heavy (non-hydrogen) atoms. The lowest BCUT2D eigenvalue weighted by Gasteiger charge is -2.13. The van der Waals surface area contributed by atoms with E-state index >= 15 is 0 Å². The second kappa shape index (κ2) is 6.19. The van der Waals surface area contributed by atoms with Crippen LogP contribution in [0.1, 0.15) is 24.0 Å². The fourth-order valence-corrected chi connectivity index (χ4v) is 1.96. The first-order valence-electron chi connectivity index (χ1n) is 6.44. The van der Waals surface area contributed by atoms with E-state index in [1.165, 1.54) is 6.07 Å². The van der Waals surface area contributed by atoms with E-state index in [0.29, 0.717) is 11.3 Å². The van der Waals surface area contributed by atoms with Crippen molar-refractivity contribution in [2.45, 2.75) is 19.4 Å². The minimum absolute atomic E-state index is 0.154. The van der Waals surface area contributed by atoms with Crippen LogP contribution in [0.2, 0.25) is 0 Å². The second-order valence-electron chi connectivity index (χ2n) is 4.70. The Hall–Kier alpha value is -2.36. The number of anilines is 1. The van der Waals surface area contributed by atoms with Gasteiger partial charge in [-0.15, -0.1) is 0 Å². The van der Waals surface area contributed by atoms with Crippen LogP contribution in [-0.2, 0) is 11.3 Å². The van der Waals surface area contributed by atoms with E-state index in [-0.39, 0.29) is 24.2 Å². The van der Waals surface area contributed by atoms with Crippen LogP contribution in [-0.4, -0.2) is 5.91 Å². The van der Waals surface area contributed by atoms with Gasteiger partial charge in [-0.05, 0) is 30.7 Å². The highest BCUT2D eigenvalue weighted by molar-refractivity contribution is 5.83. The molecule has 1 unspecified atom stereocenters. The summed E-state index contributed by atoms with van der Waals surface area (Å²) in [5, 5.41) is 2.74. The average molecular weight is 272 g/mol. The third-order valence-electron chi connectivity index (χ3n) is 3.21. The Kier molecular flexibility index (Phi) is 4.35. The fourth-order valence-electron chi connectivity index (χ4n) is 1.96. The Balaban J connectivity index is 2.00. The highest BCUT2D eigenvalue weighted by Gasteiger charge is 2.15. The van der Waals surface area contributed by atoms with Gasteiger partial charge in [0.15, 0.2) is 0 Å². The predicted molar refractivity (Wildman–Crippen MR) is 77.5 cm³/mol. The molecule has 104 valence electrons. The summed E-state index contributed by atoms with van der Waals surface area (Å²) in [5.74, 6) is -0.798. The number of rotatable bonds is 4. The molecule has 0 saturated heterocycles. The first-order valence-corrected chi connectivity index (χ1v) is 6.44. The van der Waals surface area contributed by atoms with Gasteiger partial charge in [0.2, 0.25) is 5.91 Å². The van der Waals surface area contributed by atoms with Crippen LogP contribution in [0, 0.1) is 5.82 Å². The van der Waals surface area contributed by atoms with E-state index in [9.17, 15) is 9.18 Å². The standard InChI is InChI=1S/C16H17FN2O/c1-11(12-6-4-7-14(18)9-12)16(20)19-10-13-5-2-3-8-15(13)17/h2-9,11H,10,18H2,1H3,(H,19,20). The number of nitrogens with one attached hydrogen (secondary N) is 1. The van der Waals surface area contributed by atoms with Gasteiger partial charge >= 0.3 is 0 Å². The third kappa shape index (κ3) is 3.35. The Labute approximate surface area is 117 Å². The van der Waals surface area contributed by atoms with Gasteiger partial charge in [-0.2, -0.15) is 0 Å². The number of carbonyl (C=O) groups excluding carboxylic acids is 1. The number of amides is 1. The third-order valence-corrected chi connectivity index (χ3v) is 3.21. The number of benzene rings is 2. The van der Waals surface area contributed by atoms with Crippen molar-refractivity contribution in [2.24, 2.45) is 0 Å². The van der Waals surface area contributed by atoms with E-state index in [4.69, 9.17) is 5.73 Å². The zero-order valence-electron chi connectivity index (χ0n) is 11.3. The molecule has 0 fully saturated rings. The summed E-state index contributed by atoms with van der Waals surface area (Å²) in [6.07, 6.45) is 0. The topological polar surface area (TPSA) is 55.1 Å². The lowest BCUT2D eigenvalue weighted by molar-refractivity contribution is -0.122. The Morgan fingerprint density at radius 3 is 2.70 bits per heavy atom. The Bertz CT molecular complexity index is 613. The number of hydrogen-bond donors (Lipinski definition) is 2. The van der Waals surface area contributed by atoms with E-state index in [0.717, 1.165) is 5.56 Å². The predicted octanol–water partition coefficient (Wildman–Crippen LogP) is 2.83. The van der Waals surface area contributed by atoms with Gasteiger partial charge in [-0.3, -0.25) is 4.79 Å². The molecule has 2 aromatic carbocycles. The van der Waals surface area contributed by atoms with Crippen molar-refractivity contribution in [1.82, 2.24) is 5.32 Å². The zero-order valence-corrected chi connectivity index (χ0v) is 11.3. The number of nitrogens with two attached hydrogens (primary N) is 1. The molecular weight excluding hydrogens is 255 g/mol. The molecule has 0 radical (unpaired) electrons. The largest absolute Gasteiger partial charge is 0.399 e. The van der Waals surface area contributed by atoms with Crippen LogP contribution < -0.4 is 11.1 Å². The van der Waals surface area contributed by atoms with Crippen LogP contribution >= 0.6 is 0 Å². The molecule has 3 N–H and O–H groups in total. The quantitative estimate of drug-likeness (QED) is 0.841. The number of nitrogen functional groups attached to an aromatic ring is 1. The molecule has 0 aliphatic heterocycles. The summed E-state index contributed by atoms with van der Waals surface area (Å²) in [6.45, 7) is 1.98. The molecule has 0 spiro atoms. The maximum Gasteiger partial charge on any atom is 0.227 e. The molecule has 1 amide bonds. The van der Waals surface area contributed by atoms with E-state index in [1.807, 2.05) is 12.1 Å². The number of halogens is 1. The van der Waals surface area contributed by atoms with Crippen LogP contribution in [0.4, 0.5) is 10.1 Å². The normalized spacial score (nSPS) is 11.9. The van der Waals surface area contributed by atoms with Gasteiger partial charge in [-0.25, -0.2) is 4.39 Å². The molecule has 0 aliphatic carbocycles. The SMILES string of the molecule is CC(C(=O)NCc1ccccc1F)c1cccc(N)c1. The Morgan fingerprint density at radius 1 is 1.25 bits per heavy atom. The summed E-state index contributed by atoms with van der Waals surface area (Å²) in [7, 11) is 0. The summed E-state index contributed by atoms with van der Waals surface area (Å²) in [5.41, 5.74) is 7.64. The van der Waals surface area contributed by atoms with Crippen LogP contribution in [0.25, 0.3) is 0 Å². The van der Waals surface area contributed by atoms with Crippen molar-refractivity contribution in [1.29, 1.82) is 0 Å². The van der Waals surface area contributed by atoms with Crippen molar-refractivity contribution >= 4 is 11.6 Å². The molecule has 0 bridgehead atoms. The maximum absolute atomic E-state index is 13.4. The first-order chi connectivity index (χ1) is 9.58. The second-order valence-corrected chi connectivity index (χ2v) is 4.70. The summed E-state index contributed by atoms with van der Waals surface area (Å²) < 4.78 is 13.4. The Morgan fingerprint density at radius 2 is 2.00 bits per heavy atom. The summed E-state index contributed by atoms with van der Waals surface area (Å²) >= 11 is 0. The number of hydrogen-bond acceptors (Lipinski definition) is 2. The van der Waals surface area contributed by atoms with Crippen molar-refractivity contribution in [3.63, 3.8) is 0 Å². The minimum atomic E-state index is -0.328. The van der Waals surface area contributed by atoms with E-state index in [2.05, 4.69) is 5.32 Å². The highest BCUT2D eigenvalue weighted by Crippen LogP contribution is 2.18. The van der Waals surface area contributed by atoms with Crippen molar-refractivity contribution in [3.05, 3.63) is 65.5 Å². The molecule has 0 aromatic heterocycles. The van der Waals surface area contributed by atoms with Gasteiger partial charge in [0.25, 0.3) is 0 Å². The van der Waals surface area contributed by atoms with Gasteiger partial charge in [0, 0.05) is 17.8 Å². The van der Waals surface area contributed by atoms with Crippen molar-refractivity contribution in [2.75, 3.05) is 5.73 Å².